The Bertz CT molecular complexity index is 324. The molecule has 0 saturated carbocycles. The van der Waals surface area contributed by atoms with E-state index < -0.39 is 0 Å². The summed E-state index contributed by atoms with van der Waals surface area (Å²) in [7, 11) is 3.80. The standard InChI is InChI=1S/C10H20N4OS/c1-8(5-10(2,6-15)11-3)16-9-13-12-7-14(9)4/h7-8,11,15H,5-6H2,1-4H3. The molecule has 92 valence electrons. The van der Waals surface area contributed by atoms with Crippen LogP contribution in [0.5, 0.6) is 0 Å². The van der Waals surface area contributed by atoms with Crippen molar-refractivity contribution in [1.29, 1.82) is 0 Å². The lowest BCUT2D eigenvalue weighted by Crippen LogP contribution is -2.45. The number of likely N-dealkylation sites (N-methyl/N-ethyl adjacent to an activating group) is 1. The number of rotatable bonds is 6. The SMILES string of the molecule is CNC(C)(CO)CC(C)Sc1nncn1C. The molecule has 0 bridgehead atoms. The lowest BCUT2D eigenvalue weighted by atomic mass is 9.98. The van der Waals surface area contributed by atoms with Crippen molar-refractivity contribution in [2.24, 2.45) is 7.05 Å². The van der Waals surface area contributed by atoms with E-state index in [1.165, 1.54) is 0 Å². The highest BCUT2D eigenvalue weighted by molar-refractivity contribution is 7.99. The summed E-state index contributed by atoms with van der Waals surface area (Å²) in [5.41, 5.74) is -0.231. The fourth-order valence-corrected chi connectivity index (χ4v) is 2.60. The predicted molar refractivity (Wildman–Crippen MR) is 65.5 cm³/mol. The van der Waals surface area contributed by atoms with Crippen LogP contribution in [0.1, 0.15) is 20.3 Å². The van der Waals surface area contributed by atoms with Crippen molar-refractivity contribution >= 4 is 11.8 Å². The maximum absolute atomic E-state index is 9.31. The maximum Gasteiger partial charge on any atom is 0.190 e. The normalized spacial score (nSPS) is 17.1. The zero-order chi connectivity index (χ0) is 12.2. The molecule has 5 nitrogen and oxygen atoms in total. The first-order valence-corrected chi connectivity index (χ1v) is 6.19. The van der Waals surface area contributed by atoms with Gasteiger partial charge in [-0.1, -0.05) is 18.7 Å². The molecule has 0 amide bonds. The average molecular weight is 244 g/mol. The van der Waals surface area contributed by atoms with Crippen LogP contribution in [0, 0.1) is 0 Å². The third-order valence-electron chi connectivity index (χ3n) is 2.67. The first-order valence-electron chi connectivity index (χ1n) is 5.31. The Morgan fingerprint density at radius 2 is 2.38 bits per heavy atom. The van der Waals surface area contributed by atoms with Gasteiger partial charge in [-0.3, -0.25) is 0 Å². The second-order valence-corrected chi connectivity index (χ2v) is 5.73. The van der Waals surface area contributed by atoms with E-state index in [2.05, 4.69) is 22.4 Å². The van der Waals surface area contributed by atoms with Crippen LogP contribution < -0.4 is 5.32 Å². The van der Waals surface area contributed by atoms with Crippen molar-refractivity contribution in [1.82, 2.24) is 20.1 Å². The lowest BCUT2D eigenvalue weighted by molar-refractivity contribution is 0.174. The van der Waals surface area contributed by atoms with Crippen LogP contribution in [0.4, 0.5) is 0 Å². The molecule has 0 aliphatic carbocycles. The van der Waals surface area contributed by atoms with Crippen LogP contribution in [-0.4, -0.2) is 44.3 Å². The molecular formula is C10H20N4OS. The fourth-order valence-electron chi connectivity index (χ4n) is 1.48. The molecule has 16 heavy (non-hydrogen) atoms. The molecule has 2 atom stereocenters. The predicted octanol–water partition coefficient (Wildman–Crippen LogP) is 0.656. The van der Waals surface area contributed by atoms with Gasteiger partial charge >= 0.3 is 0 Å². The third-order valence-corrected chi connectivity index (χ3v) is 3.82. The van der Waals surface area contributed by atoms with Crippen LogP contribution in [0.25, 0.3) is 0 Å². The van der Waals surface area contributed by atoms with E-state index in [1.807, 2.05) is 25.6 Å². The highest BCUT2D eigenvalue weighted by Gasteiger charge is 2.24. The van der Waals surface area contributed by atoms with E-state index in [4.69, 9.17) is 0 Å². The summed E-state index contributed by atoms with van der Waals surface area (Å²) in [5, 5.41) is 21.6. The molecule has 1 aromatic rings. The number of thioether (sulfide) groups is 1. The molecule has 0 radical (unpaired) electrons. The molecule has 0 fully saturated rings. The van der Waals surface area contributed by atoms with E-state index in [9.17, 15) is 5.11 Å². The Hall–Kier alpha value is -0.590. The highest BCUT2D eigenvalue weighted by atomic mass is 32.2. The second-order valence-electron chi connectivity index (χ2n) is 4.33. The molecule has 0 aliphatic rings. The van der Waals surface area contributed by atoms with Crippen LogP contribution >= 0.6 is 11.8 Å². The lowest BCUT2D eigenvalue weighted by Gasteiger charge is -2.29. The molecule has 1 rings (SSSR count). The number of nitrogens with zero attached hydrogens (tertiary/aromatic N) is 3. The molecule has 2 unspecified atom stereocenters. The van der Waals surface area contributed by atoms with Crippen LogP contribution in [0.3, 0.4) is 0 Å². The van der Waals surface area contributed by atoms with Crippen molar-refractivity contribution in [2.45, 2.75) is 36.2 Å². The monoisotopic (exact) mass is 244 g/mol. The van der Waals surface area contributed by atoms with Crippen LogP contribution in [0.2, 0.25) is 0 Å². The molecule has 2 N–H and O–H groups in total. The van der Waals surface area contributed by atoms with E-state index >= 15 is 0 Å². The van der Waals surface area contributed by atoms with E-state index in [0.29, 0.717) is 5.25 Å². The van der Waals surface area contributed by atoms with Crippen molar-refractivity contribution in [3.05, 3.63) is 6.33 Å². The van der Waals surface area contributed by atoms with Crippen molar-refractivity contribution in [2.75, 3.05) is 13.7 Å². The number of aliphatic hydroxyl groups excluding tert-OH is 1. The minimum absolute atomic E-state index is 0.132. The van der Waals surface area contributed by atoms with Crippen molar-refractivity contribution in [3.63, 3.8) is 0 Å². The Balaban J connectivity index is 2.53. The molecule has 0 aromatic carbocycles. The van der Waals surface area contributed by atoms with Gasteiger partial charge in [0.25, 0.3) is 0 Å². The van der Waals surface area contributed by atoms with Crippen molar-refractivity contribution in [3.8, 4) is 0 Å². The number of aryl methyl sites for hydroxylation is 1. The van der Waals surface area contributed by atoms with Gasteiger partial charge in [-0.05, 0) is 20.4 Å². The van der Waals surface area contributed by atoms with Gasteiger partial charge in [0.2, 0.25) is 0 Å². The number of nitrogens with one attached hydrogen (secondary N) is 1. The fraction of sp³-hybridized carbons (Fsp3) is 0.800. The second kappa shape index (κ2) is 5.65. The molecule has 6 heteroatoms. The number of aliphatic hydroxyl groups is 1. The summed E-state index contributed by atoms with van der Waals surface area (Å²) in [6.07, 6.45) is 2.57. The van der Waals surface area contributed by atoms with Gasteiger partial charge in [0.15, 0.2) is 5.16 Å². The van der Waals surface area contributed by atoms with Gasteiger partial charge < -0.3 is 15.0 Å². The van der Waals surface area contributed by atoms with Crippen LogP contribution in [0.15, 0.2) is 11.5 Å². The van der Waals surface area contributed by atoms with Crippen molar-refractivity contribution < 1.29 is 5.11 Å². The van der Waals surface area contributed by atoms with E-state index in [0.717, 1.165) is 11.6 Å². The van der Waals surface area contributed by atoms with E-state index in [-0.39, 0.29) is 12.1 Å². The molecule has 0 spiro atoms. The molecule has 1 aromatic heterocycles. The average Bonchev–Trinajstić information content (AvgIpc) is 2.64. The first kappa shape index (κ1) is 13.5. The Kier molecular flexibility index (Phi) is 4.76. The zero-order valence-corrected chi connectivity index (χ0v) is 11.1. The summed E-state index contributed by atoms with van der Waals surface area (Å²) in [5.74, 6) is 0. The summed E-state index contributed by atoms with van der Waals surface area (Å²) in [6, 6.07) is 0. The summed E-state index contributed by atoms with van der Waals surface area (Å²) in [6.45, 7) is 4.28. The minimum atomic E-state index is -0.231. The van der Waals surface area contributed by atoms with Gasteiger partial charge in [0, 0.05) is 17.8 Å². The van der Waals surface area contributed by atoms with E-state index in [1.54, 1.807) is 18.1 Å². The zero-order valence-electron chi connectivity index (χ0n) is 10.3. The summed E-state index contributed by atoms with van der Waals surface area (Å²) >= 11 is 1.67. The smallest absolute Gasteiger partial charge is 0.190 e. The largest absolute Gasteiger partial charge is 0.394 e. The first-order chi connectivity index (χ1) is 7.50. The minimum Gasteiger partial charge on any atom is -0.394 e. The van der Waals surface area contributed by atoms with Gasteiger partial charge in [-0.25, -0.2) is 0 Å². The summed E-state index contributed by atoms with van der Waals surface area (Å²) in [4.78, 5) is 0. The Morgan fingerprint density at radius 3 is 2.81 bits per heavy atom. The molecule has 0 aliphatic heterocycles. The number of aromatic nitrogens is 3. The van der Waals surface area contributed by atoms with Gasteiger partial charge in [-0.15, -0.1) is 10.2 Å². The van der Waals surface area contributed by atoms with Gasteiger partial charge in [0.05, 0.1) is 6.61 Å². The van der Waals surface area contributed by atoms with Gasteiger partial charge in [0.1, 0.15) is 6.33 Å². The molecular weight excluding hydrogens is 224 g/mol. The molecule has 0 saturated heterocycles. The van der Waals surface area contributed by atoms with Crippen LogP contribution in [-0.2, 0) is 7.05 Å². The van der Waals surface area contributed by atoms with Gasteiger partial charge in [-0.2, -0.15) is 0 Å². The maximum atomic E-state index is 9.31. The Labute approximate surface area is 101 Å². The number of hydrogen-bond donors (Lipinski definition) is 2. The Morgan fingerprint density at radius 1 is 1.69 bits per heavy atom. The molecule has 1 heterocycles. The third kappa shape index (κ3) is 3.47. The topological polar surface area (TPSA) is 63.0 Å². The number of hydrogen-bond acceptors (Lipinski definition) is 5. The summed E-state index contributed by atoms with van der Waals surface area (Å²) < 4.78 is 1.90. The quantitative estimate of drug-likeness (QED) is 0.720. The highest BCUT2D eigenvalue weighted by Crippen LogP contribution is 2.26.